The van der Waals surface area contributed by atoms with Crippen LogP contribution >= 0.6 is 0 Å². The van der Waals surface area contributed by atoms with Gasteiger partial charge in [0.15, 0.2) is 0 Å². The number of amides is 1. The van der Waals surface area contributed by atoms with Crippen LogP contribution in [0.15, 0.2) is 18.2 Å². The molecule has 1 aromatic carbocycles. The fourth-order valence-corrected chi connectivity index (χ4v) is 1.76. The van der Waals surface area contributed by atoms with E-state index in [9.17, 15) is 4.79 Å². The first-order valence-corrected chi connectivity index (χ1v) is 6.06. The number of nitrogen functional groups attached to an aromatic ring is 2. The Hall–Kier alpha value is -1.71. The fraction of sp³-hybridized carbons (Fsp3) is 0.500. The van der Waals surface area contributed by atoms with Gasteiger partial charge in [-0.15, -0.1) is 0 Å². The lowest BCUT2D eigenvalue weighted by Gasteiger charge is -2.35. The van der Waals surface area contributed by atoms with E-state index in [0.29, 0.717) is 16.9 Å². The standard InChI is InChI=1S/C14H23N3O/c1-9(14(2,3)4)17(5)13(18)10-6-11(15)8-12(16)7-10/h6-9H,15-16H2,1-5H3. The van der Waals surface area contributed by atoms with Crippen LogP contribution in [0.25, 0.3) is 0 Å². The average molecular weight is 249 g/mol. The lowest BCUT2D eigenvalue weighted by atomic mass is 9.87. The molecule has 0 saturated heterocycles. The number of hydrogen-bond donors (Lipinski definition) is 2. The molecule has 0 fully saturated rings. The first-order chi connectivity index (χ1) is 8.12. The van der Waals surface area contributed by atoms with Crippen molar-refractivity contribution >= 4 is 17.3 Å². The maximum absolute atomic E-state index is 12.4. The fourth-order valence-electron chi connectivity index (χ4n) is 1.76. The van der Waals surface area contributed by atoms with Gasteiger partial charge in [-0.3, -0.25) is 4.79 Å². The van der Waals surface area contributed by atoms with Crippen molar-refractivity contribution in [1.29, 1.82) is 0 Å². The maximum atomic E-state index is 12.4. The Kier molecular flexibility index (Phi) is 3.89. The molecule has 4 heteroatoms. The second kappa shape index (κ2) is 4.88. The molecular weight excluding hydrogens is 226 g/mol. The topological polar surface area (TPSA) is 72.3 Å². The Morgan fingerprint density at radius 3 is 2.00 bits per heavy atom. The summed E-state index contributed by atoms with van der Waals surface area (Å²) >= 11 is 0. The van der Waals surface area contributed by atoms with Gasteiger partial charge in [0.25, 0.3) is 5.91 Å². The van der Waals surface area contributed by atoms with E-state index in [1.165, 1.54) is 0 Å². The van der Waals surface area contributed by atoms with Gasteiger partial charge in [0.05, 0.1) is 0 Å². The molecule has 100 valence electrons. The van der Waals surface area contributed by atoms with Gasteiger partial charge in [0.2, 0.25) is 0 Å². The molecule has 0 aromatic heterocycles. The van der Waals surface area contributed by atoms with Crippen molar-refractivity contribution < 1.29 is 4.79 Å². The van der Waals surface area contributed by atoms with Crippen LogP contribution in [0.4, 0.5) is 11.4 Å². The molecule has 0 bridgehead atoms. The number of nitrogens with zero attached hydrogens (tertiary/aromatic N) is 1. The Labute approximate surface area is 109 Å². The van der Waals surface area contributed by atoms with Crippen LogP contribution in [-0.4, -0.2) is 23.9 Å². The molecule has 1 rings (SSSR count). The highest BCUT2D eigenvalue weighted by atomic mass is 16.2. The predicted molar refractivity (Wildman–Crippen MR) is 76.3 cm³/mol. The number of rotatable bonds is 2. The Morgan fingerprint density at radius 2 is 1.61 bits per heavy atom. The van der Waals surface area contributed by atoms with Gasteiger partial charge in [0.1, 0.15) is 0 Å². The summed E-state index contributed by atoms with van der Waals surface area (Å²) in [5, 5.41) is 0. The summed E-state index contributed by atoms with van der Waals surface area (Å²) in [6, 6.07) is 5.08. The number of carbonyl (C=O) groups is 1. The normalized spacial score (nSPS) is 13.2. The van der Waals surface area contributed by atoms with Gasteiger partial charge >= 0.3 is 0 Å². The van der Waals surface area contributed by atoms with Crippen molar-refractivity contribution in [3.8, 4) is 0 Å². The predicted octanol–water partition coefficient (Wildman–Crippen LogP) is 2.36. The number of anilines is 2. The largest absolute Gasteiger partial charge is 0.399 e. The molecule has 1 atom stereocenters. The van der Waals surface area contributed by atoms with Crippen LogP contribution in [0.3, 0.4) is 0 Å². The van der Waals surface area contributed by atoms with Crippen LogP contribution in [0.5, 0.6) is 0 Å². The van der Waals surface area contributed by atoms with Crippen LogP contribution in [0.1, 0.15) is 38.1 Å². The number of hydrogen-bond acceptors (Lipinski definition) is 3. The summed E-state index contributed by atoms with van der Waals surface area (Å²) in [7, 11) is 1.80. The van der Waals surface area contributed by atoms with Gasteiger partial charge in [-0.1, -0.05) is 20.8 Å². The number of nitrogens with two attached hydrogens (primary N) is 2. The molecule has 4 nitrogen and oxygen atoms in total. The van der Waals surface area contributed by atoms with Crippen molar-refractivity contribution in [1.82, 2.24) is 4.90 Å². The van der Waals surface area contributed by atoms with E-state index in [4.69, 9.17) is 11.5 Å². The van der Waals surface area contributed by atoms with Gasteiger partial charge in [0, 0.05) is 30.0 Å². The summed E-state index contributed by atoms with van der Waals surface area (Å²) in [4.78, 5) is 14.1. The van der Waals surface area contributed by atoms with E-state index in [1.54, 1.807) is 30.1 Å². The van der Waals surface area contributed by atoms with E-state index >= 15 is 0 Å². The highest BCUT2D eigenvalue weighted by molar-refractivity contribution is 5.96. The Morgan fingerprint density at radius 1 is 1.17 bits per heavy atom. The Bertz CT molecular complexity index is 429. The number of carbonyl (C=O) groups excluding carboxylic acids is 1. The average Bonchev–Trinajstić information content (AvgIpc) is 2.23. The van der Waals surface area contributed by atoms with Gasteiger partial charge in [-0.2, -0.15) is 0 Å². The van der Waals surface area contributed by atoms with Crippen molar-refractivity contribution in [2.24, 2.45) is 5.41 Å². The van der Waals surface area contributed by atoms with E-state index < -0.39 is 0 Å². The third kappa shape index (κ3) is 3.15. The van der Waals surface area contributed by atoms with Crippen LogP contribution in [0.2, 0.25) is 0 Å². The van der Waals surface area contributed by atoms with Crippen molar-refractivity contribution in [2.75, 3.05) is 18.5 Å². The first-order valence-electron chi connectivity index (χ1n) is 6.06. The van der Waals surface area contributed by atoms with E-state index in [-0.39, 0.29) is 17.4 Å². The second-order valence-corrected chi connectivity index (χ2v) is 5.85. The molecule has 0 aliphatic carbocycles. The highest BCUT2D eigenvalue weighted by Gasteiger charge is 2.27. The molecule has 0 heterocycles. The number of benzene rings is 1. The van der Waals surface area contributed by atoms with E-state index in [0.717, 1.165) is 0 Å². The monoisotopic (exact) mass is 249 g/mol. The molecule has 1 unspecified atom stereocenters. The van der Waals surface area contributed by atoms with Gasteiger partial charge < -0.3 is 16.4 Å². The van der Waals surface area contributed by atoms with Crippen LogP contribution < -0.4 is 11.5 Å². The Balaban J connectivity index is 3.00. The summed E-state index contributed by atoms with van der Waals surface area (Å²) < 4.78 is 0. The van der Waals surface area contributed by atoms with Crippen molar-refractivity contribution in [2.45, 2.75) is 33.7 Å². The third-order valence-corrected chi connectivity index (χ3v) is 3.38. The molecule has 1 aromatic rings. The molecular formula is C14H23N3O. The zero-order valence-electron chi connectivity index (χ0n) is 11.8. The van der Waals surface area contributed by atoms with Gasteiger partial charge in [-0.25, -0.2) is 0 Å². The summed E-state index contributed by atoms with van der Waals surface area (Å²) in [5.41, 5.74) is 13.0. The van der Waals surface area contributed by atoms with E-state index in [2.05, 4.69) is 20.8 Å². The molecule has 4 N–H and O–H groups in total. The minimum Gasteiger partial charge on any atom is -0.399 e. The quantitative estimate of drug-likeness (QED) is 0.790. The minimum absolute atomic E-state index is 0.0241. The molecule has 1 amide bonds. The SMILES string of the molecule is CC(N(C)C(=O)c1cc(N)cc(N)c1)C(C)(C)C. The zero-order valence-corrected chi connectivity index (χ0v) is 11.8. The lowest BCUT2D eigenvalue weighted by molar-refractivity contribution is 0.0629. The molecule has 18 heavy (non-hydrogen) atoms. The van der Waals surface area contributed by atoms with Crippen molar-refractivity contribution in [3.05, 3.63) is 23.8 Å². The highest BCUT2D eigenvalue weighted by Crippen LogP contribution is 2.25. The molecule has 0 aliphatic heterocycles. The third-order valence-electron chi connectivity index (χ3n) is 3.38. The first kappa shape index (κ1) is 14.4. The van der Waals surface area contributed by atoms with Gasteiger partial charge in [-0.05, 0) is 30.5 Å². The molecule has 0 spiro atoms. The van der Waals surface area contributed by atoms with Crippen LogP contribution in [0, 0.1) is 5.41 Å². The molecule has 0 radical (unpaired) electrons. The zero-order chi connectivity index (χ0) is 14.1. The summed E-state index contributed by atoms with van der Waals surface area (Å²) in [5.74, 6) is -0.0589. The second-order valence-electron chi connectivity index (χ2n) is 5.85. The summed E-state index contributed by atoms with van der Waals surface area (Å²) in [6.45, 7) is 8.35. The minimum atomic E-state index is -0.0589. The van der Waals surface area contributed by atoms with E-state index in [1.807, 2.05) is 6.92 Å². The molecule has 0 saturated carbocycles. The lowest BCUT2D eigenvalue weighted by Crippen LogP contribution is -2.43. The molecule has 0 aliphatic rings. The smallest absolute Gasteiger partial charge is 0.254 e. The van der Waals surface area contributed by atoms with Crippen molar-refractivity contribution in [3.63, 3.8) is 0 Å². The van der Waals surface area contributed by atoms with Crippen LogP contribution in [-0.2, 0) is 0 Å². The summed E-state index contributed by atoms with van der Waals surface area (Å²) in [6.07, 6.45) is 0. The maximum Gasteiger partial charge on any atom is 0.254 e.